The van der Waals surface area contributed by atoms with Crippen LogP contribution in [-0.2, 0) is 25.2 Å². The Kier molecular flexibility index (Phi) is 9.52. The monoisotopic (exact) mass is 662 g/mol. The van der Waals surface area contributed by atoms with Crippen LogP contribution in [-0.4, -0.2) is 65.7 Å². The number of hydrogen-bond donors (Lipinski definition) is 4. The van der Waals surface area contributed by atoms with E-state index in [4.69, 9.17) is 23.9 Å². The van der Waals surface area contributed by atoms with Gasteiger partial charge in [-0.15, -0.1) is 11.8 Å². The molecule has 1 aliphatic rings. The fraction of sp³-hybridized carbons (Fsp3) is 0.308. The maximum absolute atomic E-state index is 14.2. The summed E-state index contributed by atoms with van der Waals surface area (Å²) in [5, 5.41) is 34.2. The second kappa shape index (κ2) is 13.4. The minimum Gasteiger partial charge on any atom is -0.456 e. The summed E-state index contributed by atoms with van der Waals surface area (Å²) in [6, 6.07) is 13.3. The Bertz CT molecular complexity index is 1810. The lowest BCUT2D eigenvalue weighted by atomic mass is 10.1. The number of aliphatic hydroxyl groups is 2. The predicted octanol–water partition coefficient (Wildman–Crippen LogP) is 2.14. The van der Waals surface area contributed by atoms with Crippen LogP contribution in [0.15, 0.2) is 70.1 Å². The molecule has 19 heteroatoms. The largest absolute Gasteiger partial charge is 0.459 e. The highest BCUT2D eigenvalue weighted by Gasteiger charge is 2.45. The predicted molar refractivity (Wildman–Crippen MR) is 159 cm³/mol. The quantitative estimate of drug-likeness (QED) is 0.0734. The van der Waals surface area contributed by atoms with Gasteiger partial charge in [-0.3, -0.25) is 24.0 Å². The summed E-state index contributed by atoms with van der Waals surface area (Å²) in [5.41, 5.74) is 4.65. The van der Waals surface area contributed by atoms with Crippen LogP contribution in [0, 0.1) is 10.1 Å². The molecule has 5 rings (SSSR count). The minimum absolute atomic E-state index is 0.0136. The second-order valence-electron chi connectivity index (χ2n) is 9.77. The maximum atomic E-state index is 14.2. The van der Waals surface area contributed by atoms with Gasteiger partial charge < -0.3 is 29.6 Å². The molecule has 1 saturated heterocycles. The van der Waals surface area contributed by atoms with Gasteiger partial charge in [-0.05, 0) is 24.4 Å². The van der Waals surface area contributed by atoms with Crippen molar-refractivity contribution < 1.29 is 42.7 Å². The Labute approximate surface area is 258 Å². The van der Waals surface area contributed by atoms with Crippen LogP contribution >= 0.6 is 19.5 Å². The van der Waals surface area contributed by atoms with Crippen molar-refractivity contribution in [3.63, 3.8) is 0 Å². The molecule has 5 N–H and O–H groups in total. The number of aromatic nitrogens is 3. The van der Waals surface area contributed by atoms with Crippen molar-refractivity contribution in [2.45, 2.75) is 42.4 Å². The number of nitrogen functional groups attached to an aromatic ring is 1. The number of rotatable bonds is 12. The number of nitrogens with one attached hydrogen (secondary N) is 1. The zero-order chi connectivity index (χ0) is 32.3. The van der Waals surface area contributed by atoms with Gasteiger partial charge in [-0.25, -0.2) is 14.3 Å². The third-order valence-corrected chi connectivity index (χ3v) is 9.80. The maximum Gasteiger partial charge on any atom is 0.459 e. The molecule has 1 fully saturated rings. The zero-order valence-electron chi connectivity index (χ0n) is 23.4. The van der Waals surface area contributed by atoms with Crippen molar-refractivity contribution in [3.05, 3.63) is 87.3 Å². The highest BCUT2D eigenvalue weighted by molar-refractivity contribution is 8.00. The number of hydrogen-bond acceptors (Lipinski definition) is 15. The van der Waals surface area contributed by atoms with Crippen molar-refractivity contribution in [3.8, 4) is 5.75 Å². The van der Waals surface area contributed by atoms with Crippen LogP contribution in [0.1, 0.15) is 18.1 Å². The second-order valence-corrected chi connectivity index (χ2v) is 12.8. The molecular weight excluding hydrogens is 635 g/mol. The molecule has 4 aromatic rings. The first kappa shape index (κ1) is 32.1. The minimum atomic E-state index is -4.45. The molecular formula is C26H27N6O11PS. The normalized spacial score (nSPS) is 21.7. The van der Waals surface area contributed by atoms with E-state index in [1.54, 1.807) is 24.3 Å². The molecule has 1 aliphatic heterocycles. The number of thioether (sulfide) groups is 1. The molecule has 238 valence electrons. The van der Waals surface area contributed by atoms with E-state index in [1.165, 1.54) is 13.0 Å². The number of fused-ring (bicyclic) bond motifs is 1. The van der Waals surface area contributed by atoms with Crippen LogP contribution in [0.25, 0.3) is 10.8 Å². The number of carbonyl (C=O) groups excluding carboxylic acids is 1. The highest BCUT2D eigenvalue weighted by atomic mass is 32.2. The van der Waals surface area contributed by atoms with E-state index in [2.05, 4.69) is 15.1 Å². The smallest absolute Gasteiger partial charge is 0.456 e. The molecule has 2 aromatic carbocycles. The summed E-state index contributed by atoms with van der Waals surface area (Å²) in [6.07, 6.45) is -1.80. The van der Waals surface area contributed by atoms with E-state index in [9.17, 15) is 34.5 Å². The summed E-state index contributed by atoms with van der Waals surface area (Å²) in [4.78, 5) is 42.5. The SMILES string of the molecule is C[C@H](NP(=O)(OC[C@H]1S[C@@H](n2cnc(N)nc2=O)C(O)[C@H]1O)Oc1cccc2ccccc12)C(=O)OCc1ccc([N+](=O)[O-])o1. The van der Waals surface area contributed by atoms with Gasteiger partial charge in [-0.1, -0.05) is 36.4 Å². The van der Waals surface area contributed by atoms with Gasteiger partial charge in [-0.2, -0.15) is 10.1 Å². The number of nitro groups is 1. The van der Waals surface area contributed by atoms with Crippen LogP contribution in [0.2, 0.25) is 0 Å². The molecule has 0 bridgehead atoms. The van der Waals surface area contributed by atoms with Gasteiger partial charge in [0.1, 0.15) is 46.9 Å². The number of ether oxygens (including phenoxy) is 1. The van der Waals surface area contributed by atoms with Crippen molar-refractivity contribution in [1.82, 2.24) is 19.6 Å². The molecule has 6 atom stereocenters. The molecule has 2 aromatic heterocycles. The van der Waals surface area contributed by atoms with Gasteiger partial charge in [0.15, 0.2) is 0 Å². The first-order valence-electron chi connectivity index (χ1n) is 13.3. The Morgan fingerprint density at radius 2 is 1.98 bits per heavy atom. The summed E-state index contributed by atoms with van der Waals surface area (Å²) in [5.74, 6) is -1.52. The summed E-state index contributed by atoms with van der Waals surface area (Å²) in [6.45, 7) is 0.436. The van der Waals surface area contributed by atoms with Gasteiger partial charge in [0.25, 0.3) is 0 Å². The lowest BCUT2D eigenvalue weighted by molar-refractivity contribution is -0.402. The standard InChI is InChI=1S/C26H27N6O11PS/c1-14(24(35)40-11-16-9-10-20(42-16)32(37)38)30-44(39,43-18-8-4-6-15-5-2-3-7-17(15)18)41-12-19-21(33)22(34)23(45-19)31-13-28-25(27)29-26(31)36/h2-10,13-14,19,21-23,33-34H,11-12H2,1H3,(H,30,39)(H2,27,29,36)/t14-,19+,21-,22?,23+,44?/m0/s1. The Morgan fingerprint density at radius 1 is 1.22 bits per heavy atom. The van der Waals surface area contributed by atoms with Crippen LogP contribution in [0.5, 0.6) is 5.75 Å². The zero-order valence-corrected chi connectivity index (χ0v) is 25.1. The van der Waals surface area contributed by atoms with Crippen molar-refractivity contribution >= 4 is 48.1 Å². The van der Waals surface area contributed by atoms with Crippen LogP contribution in [0.3, 0.4) is 0 Å². The first-order valence-corrected chi connectivity index (χ1v) is 15.7. The first-order chi connectivity index (χ1) is 21.4. The number of benzene rings is 2. The summed E-state index contributed by atoms with van der Waals surface area (Å²) in [7, 11) is -4.45. The van der Waals surface area contributed by atoms with Crippen molar-refractivity contribution in [2.24, 2.45) is 0 Å². The van der Waals surface area contributed by atoms with Crippen molar-refractivity contribution in [1.29, 1.82) is 0 Å². The molecule has 0 radical (unpaired) electrons. The molecule has 0 spiro atoms. The van der Waals surface area contributed by atoms with E-state index in [0.29, 0.717) is 5.39 Å². The number of nitrogens with two attached hydrogens (primary N) is 1. The van der Waals surface area contributed by atoms with Crippen LogP contribution < -0.4 is 21.0 Å². The Balaban J connectivity index is 1.33. The average molecular weight is 663 g/mol. The van der Waals surface area contributed by atoms with Gasteiger partial charge in [0.2, 0.25) is 5.95 Å². The molecule has 0 aliphatic carbocycles. The lowest BCUT2D eigenvalue weighted by Crippen LogP contribution is -2.37. The molecule has 2 unspecified atom stereocenters. The average Bonchev–Trinajstić information content (AvgIpc) is 3.60. The number of aliphatic hydroxyl groups excluding tert-OH is 2. The van der Waals surface area contributed by atoms with E-state index in [1.807, 2.05) is 18.2 Å². The van der Waals surface area contributed by atoms with E-state index >= 15 is 0 Å². The molecule has 3 heterocycles. The number of carbonyl (C=O) groups is 1. The summed E-state index contributed by atoms with van der Waals surface area (Å²) < 4.78 is 36.9. The Morgan fingerprint density at radius 3 is 2.71 bits per heavy atom. The summed E-state index contributed by atoms with van der Waals surface area (Å²) >= 11 is 0.947. The van der Waals surface area contributed by atoms with Crippen molar-refractivity contribution in [2.75, 3.05) is 12.3 Å². The topological polar surface area (TPSA) is 244 Å². The van der Waals surface area contributed by atoms with E-state index in [0.717, 1.165) is 34.1 Å². The van der Waals surface area contributed by atoms with Gasteiger partial charge in [0, 0.05) is 5.39 Å². The third-order valence-electron chi connectivity index (χ3n) is 6.62. The van der Waals surface area contributed by atoms with Crippen LogP contribution in [0.4, 0.5) is 11.8 Å². The third kappa shape index (κ3) is 7.33. The molecule has 17 nitrogen and oxygen atoms in total. The van der Waals surface area contributed by atoms with E-state index in [-0.39, 0.29) is 17.5 Å². The van der Waals surface area contributed by atoms with Gasteiger partial charge >= 0.3 is 25.3 Å². The highest BCUT2D eigenvalue weighted by Crippen LogP contribution is 2.49. The number of furan rings is 1. The number of nitrogens with zero attached hydrogens (tertiary/aromatic N) is 4. The van der Waals surface area contributed by atoms with Gasteiger partial charge in [0.05, 0.1) is 24.0 Å². The van der Waals surface area contributed by atoms with E-state index < -0.39 is 72.3 Å². The molecule has 0 saturated carbocycles. The fourth-order valence-corrected chi connectivity index (χ4v) is 7.45. The Hall–Kier alpha value is -4.32. The number of anilines is 1. The fourth-order valence-electron chi connectivity index (χ4n) is 4.39. The lowest BCUT2D eigenvalue weighted by Gasteiger charge is -2.25. The number of esters is 1. The molecule has 45 heavy (non-hydrogen) atoms. The molecule has 0 amide bonds.